The molecule has 234 valence electrons. The van der Waals surface area contributed by atoms with Crippen LogP contribution < -0.4 is 0 Å². The molecule has 12 aromatic rings. The Morgan fingerprint density at radius 3 is 1.29 bits per heavy atom. The van der Waals surface area contributed by atoms with Gasteiger partial charge in [0.1, 0.15) is 0 Å². The Morgan fingerprint density at radius 1 is 0.275 bits per heavy atom. The molecule has 0 aliphatic heterocycles. The molecule has 1 heterocycles. The third-order valence-electron chi connectivity index (χ3n) is 11.5. The molecule has 0 atom stereocenters. The Kier molecular flexibility index (Phi) is 5.29. The first kappa shape index (κ1) is 27.2. The number of rotatable bonds is 3. The van der Waals surface area contributed by atoms with Crippen molar-refractivity contribution in [3.05, 3.63) is 176 Å². The summed E-state index contributed by atoms with van der Waals surface area (Å²) in [5.74, 6) is 0. The summed E-state index contributed by atoms with van der Waals surface area (Å²) in [7, 11) is 0. The average Bonchev–Trinajstić information content (AvgIpc) is 3.53. The SMILES string of the molecule is c1cc(-c2ccc3ccc4c(-c5ccc6ccc7cccc8ccc5c6c78)ccc5ccc2c3c54)cc(-n2c3ccccc3c3ccccc32)c1. The Balaban J connectivity index is 1.09. The van der Waals surface area contributed by atoms with Crippen molar-refractivity contribution in [1.29, 1.82) is 0 Å². The first-order chi connectivity index (χ1) is 25.3. The summed E-state index contributed by atoms with van der Waals surface area (Å²) in [5, 5.41) is 18.3. The van der Waals surface area contributed by atoms with E-state index in [-0.39, 0.29) is 0 Å². The molecule has 51 heavy (non-hydrogen) atoms. The molecule has 11 aromatic carbocycles. The van der Waals surface area contributed by atoms with Gasteiger partial charge in [0.2, 0.25) is 0 Å². The van der Waals surface area contributed by atoms with E-state index in [1.165, 1.54) is 114 Å². The third kappa shape index (κ3) is 3.65. The molecule has 1 heteroatoms. The summed E-state index contributed by atoms with van der Waals surface area (Å²) in [5.41, 5.74) is 8.68. The van der Waals surface area contributed by atoms with Crippen LogP contribution in [-0.4, -0.2) is 4.57 Å². The van der Waals surface area contributed by atoms with E-state index in [9.17, 15) is 0 Å². The normalized spacial score (nSPS) is 12.3. The van der Waals surface area contributed by atoms with Crippen LogP contribution in [0.1, 0.15) is 0 Å². The van der Waals surface area contributed by atoms with Gasteiger partial charge in [-0.1, -0.05) is 152 Å². The lowest BCUT2D eigenvalue weighted by molar-refractivity contribution is 1.18. The second-order valence-electron chi connectivity index (χ2n) is 14.0. The maximum absolute atomic E-state index is 2.41. The van der Waals surface area contributed by atoms with Crippen molar-refractivity contribution in [3.63, 3.8) is 0 Å². The number of hydrogen-bond acceptors (Lipinski definition) is 0. The number of para-hydroxylation sites is 2. The summed E-state index contributed by atoms with van der Waals surface area (Å²) in [4.78, 5) is 0. The van der Waals surface area contributed by atoms with Crippen LogP contribution in [0.3, 0.4) is 0 Å². The quantitative estimate of drug-likeness (QED) is 0.169. The molecule has 12 rings (SSSR count). The first-order valence-corrected chi connectivity index (χ1v) is 17.8. The highest BCUT2D eigenvalue weighted by Gasteiger charge is 2.18. The van der Waals surface area contributed by atoms with Crippen molar-refractivity contribution < 1.29 is 0 Å². The molecule has 0 bridgehead atoms. The lowest BCUT2D eigenvalue weighted by Gasteiger charge is -2.18. The van der Waals surface area contributed by atoms with E-state index in [2.05, 4.69) is 180 Å². The van der Waals surface area contributed by atoms with Crippen molar-refractivity contribution in [2.24, 2.45) is 0 Å². The maximum Gasteiger partial charge on any atom is 0.0541 e. The zero-order chi connectivity index (χ0) is 33.2. The van der Waals surface area contributed by atoms with Gasteiger partial charge in [0.05, 0.1) is 11.0 Å². The zero-order valence-corrected chi connectivity index (χ0v) is 27.7. The minimum Gasteiger partial charge on any atom is -0.309 e. The number of nitrogens with zero attached hydrogens (tertiary/aromatic N) is 1. The van der Waals surface area contributed by atoms with Crippen molar-refractivity contribution in [2.75, 3.05) is 0 Å². The van der Waals surface area contributed by atoms with Crippen molar-refractivity contribution in [2.45, 2.75) is 0 Å². The molecule has 0 amide bonds. The van der Waals surface area contributed by atoms with Gasteiger partial charge in [0.25, 0.3) is 0 Å². The summed E-state index contributed by atoms with van der Waals surface area (Å²) >= 11 is 0. The van der Waals surface area contributed by atoms with E-state index in [1.54, 1.807) is 0 Å². The van der Waals surface area contributed by atoms with Crippen LogP contribution >= 0.6 is 0 Å². The van der Waals surface area contributed by atoms with Crippen LogP contribution in [0.2, 0.25) is 0 Å². The minimum absolute atomic E-state index is 1.17. The monoisotopic (exact) mass is 643 g/mol. The second kappa shape index (κ2) is 9.94. The number of hydrogen-bond donors (Lipinski definition) is 0. The topological polar surface area (TPSA) is 4.93 Å². The molecule has 0 N–H and O–H groups in total. The van der Waals surface area contributed by atoms with Crippen LogP contribution in [0.15, 0.2) is 176 Å². The molecule has 0 aliphatic carbocycles. The summed E-state index contributed by atoms with van der Waals surface area (Å²) in [6, 6.07) is 65.6. The molecule has 0 aliphatic rings. The summed E-state index contributed by atoms with van der Waals surface area (Å²) < 4.78 is 2.41. The molecular weight excluding hydrogens is 615 g/mol. The fourth-order valence-electron chi connectivity index (χ4n) is 9.27. The van der Waals surface area contributed by atoms with Crippen LogP contribution in [0.25, 0.3) is 114 Å². The smallest absolute Gasteiger partial charge is 0.0541 e. The predicted octanol–water partition coefficient (Wildman–Crippen LogP) is 13.9. The molecule has 0 unspecified atom stereocenters. The highest BCUT2D eigenvalue weighted by molar-refractivity contribution is 6.30. The number of aromatic nitrogens is 1. The molecule has 1 aromatic heterocycles. The highest BCUT2D eigenvalue weighted by atomic mass is 15.0. The van der Waals surface area contributed by atoms with E-state index >= 15 is 0 Å². The van der Waals surface area contributed by atoms with Gasteiger partial charge in [-0.2, -0.15) is 0 Å². The third-order valence-corrected chi connectivity index (χ3v) is 11.5. The molecule has 0 radical (unpaired) electrons. The molecule has 0 saturated carbocycles. The van der Waals surface area contributed by atoms with E-state index in [0.29, 0.717) is 0 Å². The fourth-order valence-corrected chi connectivity index (χ4v) is 9.27. The van der Waals surface area contributed by atoms with Gasteiger partial charge >= 0.3 is 0 Å². The van der Waals surface area contributed by atoms with Crippen LogP contribution in [-0.2, 0) is 0 Å². The van der Waals surface area contributed by atoms with Crippen LogP contribution in [0.4, 0.5) is 0 Å². The molecule has 0 spiro atoms. The van der Waals surface area contributed by atoms with Crippen LogP contribution in [0.5, 0.6) is 0 Å². The van der Waals surface area contributed by atoms with Crippen LogP contribution in [0, 0.1) is 0 Å². The molecular formula is C50H29N. The Bertz CT molecular complexity index is 3290. The van der Waals surface area contributed by atoms with E-state index in [4.69, 9.17) is 0 Å². The largest absolute Gasteiger partial charge is 0.309 e. The summed E-state index contributed by atoms with van der Waals surface area (Å²) in [6.45, 7) is 0. The lowest BCUT2D eigenvalue weighted by atomic mass is 9.85. The van der Waals surface area contributed by atoms with Gasteiger partial charge in [0.15, 0.2) is 0 Å². The van der Waals surface area contributed by atoms with Gasteiger partial charge in [-0.05, 0) is 111 Å². The zero-order valence-electron chi connectivity index (χ0n) is 27.7. The van der Waals surface area contributed by atoms with Gasteiger partial charge in [-0.3, -0.25) is 0 Å². The molecule has 0 fully saturated rings. The Labute approximate surface area is 293 Å². The molecule has 1 nitrogen and oxygen atoms in total. The van der Waals surface area contributed by atoms with E-state index in [1.807, 2.05) is 0 Å². The standard InChI is InChI=1S/C50H29N/c1-3-13-45-40(11-1)41-12-2-4-14-46(41)51(45)36-10-6-9-35(29-36)37-23-17-33-22-28-44-39(25-19-34-21-26-42(37)49(33)50(34)44)38-24-18-32-16-15-30-7-5-8-31-20-27-43(38)48(32)47(30)31/h1-29H. The first-order valence-electron chi connectivity index (χ1n) is 17.8. The van der Waals surface area contributed by atoms with Gasteiger partial charge < -0.3 is 4.57 Å². The van der Waals surface area contributed by atoms with E-state index in [0.717, 1.165) is 0 Å². The Morgan fingerprint density at radius 2 is 0.706 bits per heavy atom. The Hall–Kier alpha value is -6.70. The highest BCUT2D eigenvalue weighted by Crippen LogP contribution is 2.45. The minimum atomic E-state index is 1.17. The second-order valence-corrected chi connectivity index (χ2v) is 14.0. The predicted molar refractivity (Wildman–Crippen MR) is 219 cm³/mol. The fraction of sp³-hybridized carbons (Fsp3) is 0. The van der Waals surface area contributed by atoms with Gasteiger partial charge in [-0.15, -0.1) is 0 Å². The van der Waals surface area contributed by atoms with Gasteiger partial charge in [-0.25, -0.2) is 0 Å². The lowest BCUT2D eigenvalue weighted by Crippen LogP contribution is -1.94. The number of benzene rings is 11. The van der Waals surface area contributed by atoms with Crippen molar-refractivity contribution >= 4 is 86.4 Å². The average molecular weight is 644 g/mol. The number of fused-ring (bicyclic) bond motifs is 3. The van der Waals surface area contributed by atoms with Crippen molar-refractivity contribution in [3.8, 4) is 27.9 Å². The van der Waals surface area contributed by atoms with Crippen molar-refractivity contribution in [1.82, 2.24) is 4.57 Å². The summed E-state index contributed by atoms with van der Waals surface area (Å²) in [6.07, 6.45) is 0. The van der Waals surface area contributed by atoms with E-state index < -0.39 is 0 Å². The maximum atomic E-state index is 2.41. The molecule has 0 saturated heterocycles. The van der Waals surface area contributed by atoms with Gasteiger partial charge in [0, 0.05) is 16.5 Å².